The largest absolute Gasteiger partial charge is 0.478 e. The van der Waals surface area contributed by atoms with Crippen LogP contribution < -0.4 is 11.1 Å². The van der Waals surface area contributed by atoms with E-state index in [2.05, 4.69) is 5.32 Å². The van der Waals surface area contributed by atoms with Crippen LogP contribution in [0.15, 0.2) is 12.1 Å². The number of nitrogens with one attached hydrogen (secondary N) is 1. The summed E-state index contributed by atoms with van der Waals surface area (Å²) >= 11 is 0. The Morgan fingerprint density at radius 1 is 1.35 bits per heavy atom. The number of nitrogens with two attached hydrogens (primary N) is 1. The van der Waals surface area contributed by atoms with Gasteiger partial charge in [-0.1, -0.05) is 0 Å². The minimum Gasteiger partial charge on any atom is -0.478 e. The van der Waals surface area contributed by atoms with Crippen molar-refractivity contribution in [3.63, 3.8) is 0 Å². The molecule has 5 nitrogen and oxygen atoms in total. The van der Waals surface area contributed by atoms with Gasteiger partial charge in [0.1, 0.15) is 23.4 Å². The molecule has 0 fully saturated rings. The second kappa shape index (κ2) is 4.77. The first-order valence-electron chi connectivity index (χ1n) is 4.61. The fourth-order valence-corrected chi connectivity index (χ4v) is 1.12. The Labute approximate surface area is 95.2 Å². The molecular weight excluding hydrogens is 234 g/mol. The number of rotatable bonds is 4. The summed E-state index contributed by atoms with van der Waals surface area (Å²) in [4.78, 5) is 21.2. The van der Waals surface area contributed by atoms with E-state index in [9.17, 15) is 18.4 Å². The highest BCUT2D eigenvalue weighted by Crippen LogP contribution is 2.21. The van der Waals surface area contributed by atoms with E-state index < -0.39 is 40.8 Å². The lowest BCUT2D eigenvalue weighted by atomic mass is 10.1. The van der Waals surface area contributed by atoms with Crippen molar-refractivity contribution in [3.8, 4) is 0 Å². The average molecular weight is 244 g/mol. The van der Waals surface area contributed by atoms with Crippen molar-refractivity contribution < 1.29 is 23.5 Å². The minimum absolute atomic E-state index is 0.516. The highest BCUT2D eigenvalue weighted by Gasteiger charge is 2.17. The first-order valence-corrected chi connectivity index (χ1v) is 4.61. The van der Waals surface area contributed by atoms with Gasteiger partial charge in [0.15, 0.2) is 0 Å². The molecule has 0 bridgehead atoms. The summed E-state index contributed by atoms with van der Waals surface area (Å²) < 4.78 is 26.8. The van der Waals surface area contributed by atoms with Crippen molar-refractivity contribution in [1.82, 2.24) is 0 Å². The number of aromatic carboxylic acids is 1. The van der Waals surface area contributed by atoms with Gasteiger partial charge in [-0.05, 0) is 19.1 Å². The van der Waals surface area contributed by atoms with Gasteiger partial charge in [0.05, 0.1) is 5.56 Å². The molecule has 0 aliphatic carbocycles. The molecule has 0 aliphatic heterocycles. The molecule has 7 heteroatoms. The zero-order valence-electron chi connectivity index (χ0n) is 8.83. The molecule has 4 N–H and O–H groups in total. The lowest BCUT2D eigenvalue weighted by molar-refractivity contribution is -0.118. The maximum absolute atomic E-state index is 13.4. The number of amides is 1. The highest BCUT2D eigenvalue weighted by atomic mass is 19.1. The summed E-state index contributed by atoms with van der Waals surface area (Å²) in [6, 6.07) is 0.331. The number of anilines is 1. The number of benzene rings is 1. The molecule has 0 radical (unpaired) electrons. The Hall–Kier alpha value is -2.18. The predicted octanol–water partition coefficient (Wildman–Crippen LogP) is 0.949. The molecule has 1 rings (SSSR count). The van der Waals surface area contributed by atoms with Crippen LogP contribution in [0.3, 0.4) is 0 Å². The zero-order chi connectivity index (χ0) is 13.2. The molecule has 0 saturated carbocycles. The molecule has 92 valence electrons. The Morgan fingerprint density at radius 2 is 1.82 bits per heavy atom. The van der Waals surface area contributed by atoms with Gasteiger partial charge in [-0.15, -0.1) is 0 Å². The van der Waals surface area contributed by atoms with Crippen molar-refractivity contribution in [1.29, 1.82) is 0 Å². The van der Waals surface area contributed by atoms with Crippen LogP contribution in [0.4, 0.5) is 14.5 Å². The van der Waals surface area contributed by atoms with Gasteiger partial charge >= 0.3 is 5.97 Å². The Balaban J connectivity index is 3.10. The molecule has 1 unspecified atom stereocenters. The molecule has 0 saturated heterocycles. The van der Waals surface area contributed by atoms with Crippen LogP contribution in [0.25, 0.3) is 0 Å². The SMILES string of the molecule is CC(Nc1c(F)cc(C(=O)O)cc1F)C(N)=O. The number of carboxylic acid groups (broad SMARTS) is 1. The minimum atomic E-state index is -1.45. The van der Waals surface area contributed by atoms with Gasteiger partial charge in [-0.25, -0.2) is 13.6 Å². The molecule has 0 heterocycles. The lowest BCUT2D eigenvalue weighted by Gasteiger charge is -2.13. The summed E-state index contributed by atoms with van der Waals surface area (Å²) in [6.07, 6.45) is 0. The predicted molar refractivity (Wildman–Crippen MR) is 55.6 cm³/mol. The number of hydrogen-bond acceptors (Lipinski definition) is 3. The van der Waals surface area contributed by atoms with Crippen molar-refractivity contribution in [2.45, 2.75) is 13.0 Å². The van der Waals surface area contributed by atoms with Gasteiger partial charge in [0.2, 0.25) is 5.91 Å². The fourth-order valence-electron chi connectivity index (χ4n) is 1.12. The quantitative estimate of drug-likeness (QED) is 0.735. The van der Waals surface area contributed by atoms with Crippen molar-refractivity contribution in [2.24, 2.45) is 5.73 Å². The van der Waals surface area contributed by atoms with Gasteiger partial charge in [-0.3, -0.25) is 4.79 Å². The van der Waals surface area contributed by atoms with E-state index in [1.807, 2.05) is 0 Å². The first kappa shape index (κ1) is 12.9. The molecule has 1 aromatic rings. The van der Waals surface area contributed by atoms with E-state index in [-0.39, 0.29) is 0 Å². The van der Waals surface area contributed by atoms with Gasteiger partial charge < -0.3 is 16.2 Å². The molecule has 1 amide bonds. The summed E-state index contributed by atoms with van der Waals surface area (Å²) in [5.74, 6) is -4.44. The second-order valence-electron chi connectivity index (χ2n) is 3.39. The number of carbonyl (C=O) groups is 2. The lowest BCUT2D eigenvalue weighted by Crippen LogP contribution is -2.33. The number of hydrogen-bond donors (Lipinski definition) is 3. The average Bonchev–Trinajstić information content (AvgIpc) is 2.22. The summed E-state index contributed by atoms with van der Waals surface area (Å²) in [6.45, 7) is 1.33. The third-order valence-corrected chi connectivity index (χ3v) is 2.08. The third-order valence-electron chi connectivity index (χ3n) is 2.08. The normalized spacial score (nSPS) is 11.9. The topological polar surface area (TPSA) is 92.4 Å². The summed E-state index contributed by atoms with van der Waals surface area (Å²) in [7, 11) is 0. The summed E-state index contributed by atoms with van der Waals surface area (Å²) in [5.41, 5.74) is 3.82. The number of carbonyl (C=O) groups excluding carboxylic acids is 1. The maximum atomic E-state index is 13.4. The number of primary amides is 1. The Morgan fingerprint density at radius 3 is 2.18 bits per heavy atom. The van der Waals surface area contributed by atoms with Crippen molar-refractivity contribution in [3.05, 3.63) is 29.3 Å². The molecule has 1 aromatic carbocycles. The van der Waals surface area contributed by atoms with Crippen LogP contribution >= 0.6 is 0 Å². The van der Waals surface area contributed by atoms with Gasteiger partial charge in [0.25, 0.3) is 0 Å². The first-order chi connectivity index (χ1) is 7.82. The Kier molecular flexibility index (Phi) is 3.62. The molecule has 0 aliphatic rings. The van der Waals surface area contributed by atoms with Crippen molar-refractivity contribution in [2.75, 3.05) is 5.32 Å². The van der Waals surface area contributed by atoms with E-state index >= 15 is 0 Å². The van der Waals surface area contributed by atoms with Crippen molar-refractivity contribution >= 4 is 17.6 Å². The van der Waals surface area contributed by atoms with Gasteiger partial charge in [-0.2, -0.15) is 0 Å². The maximum Gasteiger partial charge on any atom is 0.335 e. The van der Waals surface area contributed by atoms with Crippen LogP contribution in [0, 0.1) is 11.6 Å². The van der Waals surface area contributed by atoms with E-state index in [4.69, 9.17) is 10.8 Å². The third kappa shape index (κ3) is 2.90. The van der Waals surface area contributed by atoms with Crippen LogP contribution in [0.5, 0.6) is 0 Å². The van der Waals surface area contributed by atoms with E-state index in [1.165, 1.54) is 6.92 Å². The van der Waals surface area contributed by atoms with Crippen LogP contribution in [0.2, 0.25) is 0 Å². The molecule has 0 spiro atoms. The van der Waals surface area contributed by atoms with Gasteiger partial charge in [0, 0.05) is 0 Å². The van der Waals surface area contributed by atoms with E-state index in [0.717, 1.165) is 0 Å². The zero-order valence-corrected chi connectivity index (χ0v) is 8.83. The van der Waals surface area contributed by atoms with Crippen LogP contribution in [-0.4, -0.2) is 23.0 Å². The van der Waals surface area contributed by atoms with E-state index in [0.29, 0.717) is 12.1 Å². The standard InChI is InChI=1S/C10H10F2N2O3/c1-4(9(13)15)14-8-6(11)2-5(10(16)17)3-7(8)12/h2-4,14H,1H3,(H2,13,15)(H,16,17). The second-order valence-corrected chi connectivity index (χ2v) is 3.39. The number of halogens is 2. The smallest absolute Gasteiger partial charge is 0.335 e. The molecule has 17 heavy (non-hydrogen) atoms. The summed E-state index contributed by atoms with van der Waals surface area (Å²) in [5, 5.41) is 10.8. The van der Waals surface area contributed by atoms with E-state index in [1.54, 1.807) is 0 Å². The molecular formula is C10H10F2N2O3. The highest BCUT2D eigenvalue weighted by molar-refractivity contribution is 5.88. The Bertz CT molecular complexity index is 454. The molecule has 1 atom stereocenters. The number of carboxylic acids is 1. The van der Waals surface area contributed by atoms with Crippen LogP contribution in [-0.2, 0) is 4.79 Å². The molecule has 0 aromatic heterocycles. The van der Waals surface area contributed by atoms with Crippen LogP contribution in [0.1, 0.15) is 17.3 Å². The monoisotopic (exact) mass is 244 g/mol. The fraction of sp³-hybridized carbons (Fsp3) is 0.200.